The summed E-state index contributed by atoms with van der Waals surface area (Å²) in [6.45, 7) is 6.98. The summed E-state index contributed by atoms with van der Waals surface area (Å²) in [5.74, 6) is 0. The van der Waals surface area contributed by atoms with Gasteiger partial charge >= 0.3 is 0 Å². The third-order valence-electron chi connectivity index (χ3n) is 3.89. The van der Waals surface area contributed by atoms with E-state index < -0.39 is 0 Å². The average Bonchev–Trinajstić information content (AvgIpc) is 2.48. The van der Waals surface area contributed by atoms with Crippen molar-refractivity contribution in [2.75, 3.05) is 19.7 Å². The summed E-state index contributed by atoms with van der Waals surface area (Å²) in [4.78, 5) is 6.95. The fourth-order valence-electron chi connectivity index (χ4n) is 2.69. The van der Waals surface area contributed by atoms with Crippen LogP contribution in [0.4, 0.5) is 0 Å². The van der Waals surface area contributed by atoms with Crippen molar-refractivity contribution in [1.82, 2.24) is 9.88 Å². The number of hydrogen-bond acceptors (Lipinski definition) is 4. The summed E-state index contributed by atoms with van der Waals surface area (Å²) < 4.78 is 5.75. The van der Waals surface area contributed by atoms with E-state index in [4.69, 9.17) is 10.5 Å². The highest BCUT2D eigenvalue weighted by Crippen LogP contribution is 2.26. The molecule has 0 saturated carbocycles. The van der Waals surface area contributed by atoms with E-state index in [1.807, 2.05) is 18.3 Å². The molecule has 1 aliphatic heterocycles. The van der Waals surface area contributed by atoms with Gasteiger partial charge in [-0.3, -0.25) is 9.88 Å². The highest BCUT2D eigenvalue weighted by atomic mass is 16.5. The van der Waals surface area contributed by atoms with E-state index >= 15 is 0 Å². The third kappa shape index (κ3) is 3.53. The molecule has 3 unspecified atom stereocenters. The molecule has 2 rings (SSSR count). The Morgan fingerprint density at radius 2 is 2.32 bits per heavy atom. The predicted octanol–water partition coefficient (Wildman–Crippen LogP) is 1.97. The highest BCUT2D eigenvalue weighted by molar-refractivity contribution is 5.12. The van der Waals surface area contributed by atoms with Crippen LogP contribution >= 0.6 is 0 Å². The zero-order chi connectivity index (χ0) is 13.7. The normalized spacial score (nSPS) is 24.1. The molecule has 1 aromatic heterocycles. The fraction of sp³-hybridized carbons (Fsp3) is 0.667. The minimum atomic E-state index is 0.116. The van der Waals surface area contributed by atoms with Gasteiger partial charge in [0.05, 0.1) is 24.4 Å². The first-order chi connectivity index (χ1) is 9.26. The SMILES string of the molecule is CCC1CN(C(c2ccccn2)C(N)CC)CCO1. The molecule has 4 heteroatoms. The maximum absolute atomic E-state index is 6.34. The van der Waals surface area contributed by atoms with Crippen molar-refractivity contribution >= 4 is 0 Å². The summed E-state index contributed by atoms with van der Waals surface area (Å²) in [7, 11) is 0. The molecule has 3 atom stereocenters. The van der Waals surface area contributed by atoms with Gasteiger partial charge in [-0.2, -0.15) is 0 Å². The van der Waals surface area contributed by atoms with E-state index in [0.29, 0.717) is 6.10 Å². The summed E-state index contributed by atoms with van der Waals surface area (Å²) in [6.07, 6.45) is 4.18. The van der Waals surface area contributed by atoms with Crippen LogP contribution in [0.2, 0.25) is 0 Å². The molecule has 0 bridgehead atoms. The van der Waals surface area contributed by atoms with Gasteiger partial charge in [-0.15, -0.1) is 0 Å². The van der Waals surface area contributed by atoms with Crippen LogP contribution in [0.5, 0.6) is 0 Å². The Morgan fingerprint density at radius 1 is 1.47 bits per heavy atom. The van der Waals surface area contributed by atoms with Crippen molar-refractivity contribution < 1.29 is 4.74 Å². The first-order valence-electron chi connectivity index (χ1n) is 7.28. The second-order valence-electron chi connectivity index (χ2n) is 5.17. The monoisotopic (exact) mass is 263 g/mol. The van der Waals surface area contributed by atoms with Crippen molar-refractivity contribution in [3.63, 3.8) is 0 Å². The lowest BCUT2D eigenvalue weighted by molar-refractivity contribution is -0.0492. The van der Waals surface area contributed by atoms with Crippen molar-refractivity contribution in [3.8, 4) is 0 Å². The second-order valence-corrected chi connectivity index (χ2v) is 5.17. The molecule has 4 nitrogen and oxygen atoms in total. The zero-order valence-electron chi connectivity index (χ0n) is 12.0. The standard InChI is InChI=1S/C15H25N3O/c1-3-12-11-18(9-10-19-12)15(13(16)4-2)14-7-5-6-8-17-14/h5-8,12-13,15H,3-4,9-11,16H2,1-2H3. The maximum atomic E-state index is 6.34. The van der Waals surface area contributed by atoms with Crippen molar-refractivity contribution in [3.05, 3.63) is 30.1 Å². The van der Waals surface area contributed by atoms with Gasteiger partial charge in [-0.1, -0.05) is 19.9 Å². The van der Waals surface area contributed by atoms with Crippen LogP contribution in [0, 0.1) is 0 Å². The predicted molar refractivity (Wildman–Crippen MR) is 76.8 cm³/mol. The molecule has 1 aromatic rings. The Bertz CT molecular complexity index is 371. The molecule has 1 fully saturated rings. The lowest BCUT2D eigenvalue weighted by Gasteiger charge is -2.40. The Kier molecular flexibility index (Phi) is 5.31. The average molecular weight is 263 g/mol. The number of nitrogens with zero attached hydrogens (tertiary/aromatic N) is 2. The lowest BCUT2D eigenvalue weighted by Crippen LogP contribution is -2.49. The Balaban J connectivity index is 2.18. The second kappa shape index (κ2) is 6.98. The molecule has 2 heterocycles. The summed E-state index contributed by atoms with van der Waals surface area (Å²) in [5.41, 5.74) is 7.42. The number of morpholine rings is 1. The molecular formula is C15H25N3O. The molecule has 0 radical (unpaired) electrons. The van der Waals surface area contributed by atoms with Crippen LogP contribution in [-0.2, 0) is 4.74 Å². The van der Waals surface area contributed by atoms with Crippen LogP contribution in [0.25, 0.3) is 0 Å². The third-order valence-corrected chi connectivity index (χ3v) is 3.89. The maximum Gasteiger partial charge on any atom is 0.0700 e. The molecule has 0 spiro atoms. The smallest absolute Gasteiger partial charge is 0.0700 e. The van der Waals surface area contributed by atoms with Crippen LogP contribution in [0.15, 0.2) is 24.4 Å². The fourth-order valence-corrected chi connectivity index (χ4v) is 2.69. The molecule has 0 aromatic carbocycles. The van der Waals surface area contributed by atoms with Crippen LogP contribution in [-0.4, -0.2) is 41.7 Å². The Morgan fingerprint density at radius 3 is 2.95 bits per heavy atom. The van der Waals surface area contributed by atoms with Gasteiger partial charge in [0.2, 0.25) is 0 Å². The number of nitrogens with two attached hydrogens (primary N) is 1. The number of pyridine rings is 1. The molecule has 19 heavy (non-hydrogen) atoms. The molecule has 1 aliphatic rings. The van der Waals surface area contributed by atoms with E-state index in [-0.39, 0.29) is 12.1 Å². The van der Waals surface area contributed by atoms with E-state index in [0.717, 1.165) is 38.2 Å². The quantitative estimate of drug-likeness (QED) is 0.882. The molecule has 0 amide bonds. The molecule has 0 aliphatic carbocycles. The highest BCUT2D eigenvalue weighted by Gasteiger charge is 2.30. The molecule has 2 N–H and O–H groups in total. The van der Waals surface area contributed by atoms with Gasteiger partial charge < -0.3 is 10.5 Å². The van der Waals surface area contributed by atoms with Gasteiger partial charge in [0.15, 0.2) is 0 Å². The van der Waals surface area contributed by atoms with E-state index in [1.54, 1.807) is 0 Å². The first kappa shape index (κ1) is 14.4. The minimum Gasteiger partial charge on any atom is -0.376 e. The van der Waals surface area contributed by atoms with Crippen molar-refractivity contribution in [2.24, 2.45) is 5.73 Å². The number of hydrogen-bond donors (Lipinski definition) is 1. The van der Waals surface area contributed by atoms with Crippen LogP contribution in [0.1, 0.15) is 38.4 Å². The van der Waals surface area contributed by atoms with Gasteiger partial charge in [0, 0.05) is 25.3 Å². The summed E-state index contributed by atoms with van der Waals surface area (Å²) in [5, 5.41) is 0. The largest absolute Gasteiger partial charge is 0.376 e. The lowest BCUT2D eigenvalue weighted by atomic mass is 9.99. The Hall–Kier alpha value is -0.970. The minimum absolute atomic E-state index is 0.116. The van der Waals surface area contributed by atoms with Crippen LogP contribution < -0.4 is 5.73 Å². The van der Waals surface area contributed by atoms with E-state index in [2.05, 4.69) is 29.8 Å². The van der Waals surface area contributed by atoms with Crippen LogP contribution in [0.3, 0.4) is 0 Å². The number of ether oxygens (including phenoxy) is 1. The number of rotatable bonds is 5. The van der Waals surface area contributed by atoms with E-state index in [9.17, 15) is 0 Å². The van der Waals surface area contributed by atoms with Gasteiger partial charge in [0.25, 0.3) is 0 Å². The number of aromatic nitrogens is 1. The van der Waals surface area contributed by atoms with Gasteiger partial charge in [-0.25, -0.2) is 0 Å². The topological polar surface area (TPSA) is 51.4 Å². The van der Waals surface area contributed by atoms with Crippen molar-refractivity contribution in [1.29, 1.82) is 0 Å². The van der Waals surface area contributed by atoms with Gasteiger partial charge in [0.1, 0.15) is 0 Å². The molecule has 106 valence electrons. The van der Waals surface area contributed by atoms with Gasteiger partial charge in [-0.05, 0) is 25.0 Å². The molecule has 1 saturated heterocycles. The van der Waals surface area contributed by atoms with Crippen molar-refractivity contribution in [2.45, 2.75) is 44.9 Å². The Labute approximate surface area is 116 Å². The summed E-state index contributed by atoms with van der Waals surface area (Å²) >= 11 is 0. The first-order valence-corrected chi connectivity index (χ1v) is 7.28. The molecular weight excluding hydrogens is 238 g/mol. The zero-order valence-corrected chi connectivity index (χ0v) is 12.0. The summed E-state index contributed by atoms with van der Waals surface area (Å²) in [6, 6.07) is 6.38. The van der Waals surface area contributed by atoms with E-state index in [1.165, 1.54) is 0 Å².